The molecular weight excluding hydrogens is 464 g/mol. The van der Waals surface area contributed by atoms with Crippen LogP contribution in [0.15, 0.2) is 48.8 Å². The molecule has 4 rings (SSSR count). The number of nitrogens with one attached hydrogen (secondary N) is 2. The lowest BCUT2D eigenvalue weighted by atomic mass is 10.0. The van der Waals surface area contributed by atoms with E-state index in [1.165, 1.54) is 6.08 Å². The van der Waals surface area contributed by atoms with Gasteiger partial charge in [0, 0.05) is 36.1 Å². The third-order valence-corrected chi connectivity index (χ3v) is 5.70. The highest BCUT2D eigenvalue weighted by atomic mass is 35.5. The van der Waals surface area contributed by atoms with E-state index in [2.05, 4.69) is 21.7 Å². The monoisotopic (exact) mass is 488 g/mol. The second-order valence-corrected chi connectivity index (χ2v) is 8.11. The Bertz CT molecular complexity index is 1490. The van der Waals surface area contributed by atoms with Crippen LogP contribution >= 0.6 is 11.6 Å². The zero-order chi connectivity index (χ0) is 24.9. The summed E-state index contributed by atoms with van der Waals surface area (Å²) in [4.78, 5) is 21.5. The number of imidazole rings is 1. The maximum atomic E-state index is 12.4. The first kappa shape index (κ1) is 24.0. The van der Waals surface area contributed by atoms with Crippen LogP contribution in [-0.2, 0) is 18.3 Å². The fraction of sp³-hybridized carbons (Fsp3) is 0.231. The van der Waals surface area contributed by atoms with Gasteiger partial charge in [-0.2, -0.15) is 5.26 Å². The Morgan fingerprint density at radius 1 is 1.26 bits per heavy atom. The molecule has 8 nitrogen and oxygen atoms in total. The van der Waals surface area contributed by atoms with Crippen LogP contribution in [0, 0.1) is 11.3 Å². The lowest BCUT2D eigenvalue weighted by Crippen LogP contribution is -2.10. The van der Waals surface area contributed by atoms with Gasteiger partial charge in [-0.05, 0) is 37.6 Å². The van der Waals surface area contributed by atoms with Gasteiger partial charge in [-0.25, -0.2) is 4.98 Å². The number of alkyl halides is 1. The van der Waals surface area contributed by atoms with Crippen molar-refractivity contribution in [2.24, 2.45) is 7.05 Å². The van der Waals surface area contributed by atoms with Gasteiger partial charge in [-0.15, -0.1) is 11.6 Å². The molecular formula is C26H25ClN6O2. The van der Waals surface area contributed by atoms with Crippen molar-refractivity contribution in [3.05, 3.63) is 60.1 Å². The van der Waals surface area contributed by atoms with Gasteiger partial charge in [0.15, 0.2) is 0 Å². The molecule has 0 saturated carbocycles. The smallest absolute Gasteiger partial charge is 0.248 e. The van der Waals surface area contributed by atoms with Crippen molar-refractivity contribution in [3.63, 3.8) is 0 Å². The van der Waals surface area contributed by atoms with Crippen LogP contribution in [0.2, 0.25) is 0 Å². The van der Waals surface area contributed by atoms with Crippen molar-refractivity contribution in [1.82, 2.24) is 14.5 Å². The van der Waals surface area contributed by atoms with Crippen LogP contribution < -0.4 is 15.4 Å². The number of rotatable bonds is 8. The van der Waals surface area contributed by atoms with E-state index >= 15 is 0 Å². The average molecular weight is 489 g/mol. The normalized spacial score (nSPS) is 11.2. The maximum Gasteiger partial charge on any atom is 0.248 e. The van der Waals surface area contributed by atoms with E-state index in [0.29, 0.717) is 52.3 Å². The maximum absolute atomic E-state index is 12.4. The third-order valence-electron chi connectivity index (χ3n) is 5.52. The first-order valence-electron chi connectivity index (χ1n) is 11.2. The standard InChI is InChI=1S/C26H25ClN6O2/c1-4-19-18(14-28)26(30-16-8-9-23-21(11-16)29-15-33(23)3)17-12-22(32-25(34)7-6-10-27)24(35-5-2)13-20(17)31-19/h6-9,11-13,15H,4-5,10H2,1-3H3,(H,30,31)(H,32,34)/b7-6+. The predicted molar refractivity (Wildman–Crippen MR) is 139 cm³/mol. The molecule has 0 spiro atoms. The number of hydrogen-bond acceptors (Lipinski definition) is 6. The fourth-order valence-corrected chi connectivity index (χ4v) is 3.99. The number of halogens is 1. The molecule has 2 heterocycles. The molecule has 0 aliphatic rings. The van der Waals surface area contributed by atoms with E-state index in [1.807, 2.05) is 43.7 Å². The molecule has 1 amide bonds. The van der Waals surface area contributed by atoms with Crippen LogP contribution in [0.5, 0.6) is 5.75 Å². The van der Waals surface area contributed by atoms with E-state index < -0.39 is 0 Å². The predicted octanol–water partition coefficient (Wildman–Crippen LogP) is 5.43. The molecule has 0 unspecified atom stereocenters. The van der Waals surface area contributed by atoms with Gasteiger partial charge >= 0.3 is 0 Å². The summed E-state index contributed by atoms with van der Waals surface area (Å²) in [6.07, 6.45) is 5.27. The van der Waals surface area contributed by atoms with E-state index in [-0.39, 0.29) is 11.8 Å². The topological polar surface area (TPSA) is 105 Å². The number of pyridine rings is 1. The van der Waals surface area contributed by atoms with Gasteiger partial charge in [0.2, 0.25) is 5.91 Å². The number of hydrogen-bond donors (Lipinski definition) is 2. The minimum Gasteiger partial charge on any atom is -0.492 e. The summed E-state index contributed by atoms with van der Waals surface area (Å²) in [6, 6.07) is 11.7. The van der Waals surface area contributed by atoms with Crippen molar-refractivity contribution >= 4 is 56.5 Å². The number of benzene rings is 2. The summed E-state index contributed by atoms with van der Waals surface area (Å²) in [6.45, 7) is 4.24. The minimum absolute atomic E-state index is 0.230. The summed E-state index contributed by atoms with van der Waals surface area (Å²) in [5, 5.41) is 17.0. The number of ether oxygens (including phenoxy) is 1. The number of allylic oxidation sites excluding steroid dienone is 1. The SMILES string of the molecule is CCOc1cc2nc(CC)c(C#N)c(Nc3ccc4c(c3)ncn4C)c2cc1NC(=O)/C=C/CCl. The van der Waals surface area contributed by atoms with Gasteiger partial charge in [-0.1, -0.05) is 13.0 Å². The number of amides is 1. The highest BCUT2D eigenvalue weighted by molar-refractivity contribution is 6.19. The summed E-state index contributed by atoms with van der Waals surface area (Å²) in [7, 11) is 1.94. The van der Waals surface area contributed by atoms with E-state index in [0.717, 1.165) is 16.7 Å². The minimum atomic E-state index is -0.334. The zero-order valence-corrected chi connectivity index (χ0v) is 20.5. The summed E-state index contributed by atoms with van der Waals surface area (Å²) < 4.78 is 7.73. The first-order valence-corrected chi connectivity index (χ1v) is 11.8. The Kier molecular flexibility index (Phi) is 7.18. The number of carbonyl (C=O) groups excluding carboxylic acids is 1. The molecule has 2 N–H and O–H groups in total. The van der Waals surface area contributed by atoms with E-state index in [9.17, 15) is 10.1 Å². The van der Waals surface area contributed by atoms with Crippen molar-refractivity contribution in [2.45, 2.75) is 20.3 Å². The number of nitrogens with zero attached hydrogens (tertiary/aromatic N) is 4. The van der Waals surface area contributed by atoms with Crippen molar-refractivity contribution in [1.29, 1.82) is 5.26 Å². The van der Waals surface area contributed by atoms with Crippen LogP contribution in [0.1, 0.15) is 25.1 Å². The number of aryl methyl sites for hydroxylation is 2. The van der Waals surface area contributed by atoms with Crippen molar-refractivity contribution < 1.29 is 9.53 Å². The first-order chi connectivity index (χ1) is 17.0. The molecule has 0 radical (unpaired) electrons. The van der Waals surface area contributed by atoms with Gasteiger partial charge in [-0.3, -0.25) is 9.78 Å². The van der Waals surface area contributed by atoms with Gasteiger partial charge < -0.3 is 19.9 Å². The second kappa shape index (κ2) is 10.5. The summed E-state index contributed by atoms with van der Waals surface area (Å²) >= 11 is 5.66. The van der Waals surface area contributed by atoms with Gasteiger partial charge in [0.1, 0.15) is 11.8 Å². The number of fused-ring (bicyclic) bond motifs is 2. The Morgan fingerprint density at radius 2 is 2.09 bits per heavy atom. The average Bonchev–Trinajstić information content (AvgIpc) is 3.23. The Balaban J connectivity index is 1.89. The quantitative estimate of drug-likeness (QED) is 0.253. The highest BCUT2D eigenvalue weighted by Crippen LogP contribution is 2.37. The molecule has 178 valence electrons. The molecule has 4 aromatic rings. The van der Waals surface area contributed by atoms with Crippen LogP contribution in [0.25, 0.3) is 21.9 Å². The zero-order valence-electron chi connectivity index (χ0n) is 19.7. The Morgan fingerprint density at radius 3 is 2.80 bits per heavy atom. The summed E-state index contributed by atoms with van der Waals surface area (Å²) in [5.41, 5.74) is 5.48. The number of nitriles is 1. The molecule has 0 aliphatic carbocycles. The number of anilines is 3. The molecule has 0 fully saturated rings. The van der Waals surface area contributed by atoms with Gasteiger partial charge in [0.25, 0.3) is 0 Å². The summed E-state index contributed by atoms with van der Waals surface area (Å²) in [5.74, 6) is 0.389. The highest BCUT2D eigenvalue weighted by Gasteiger charge is 2.18. The van der Waals surface area contributed by atoms with Gasteiger partial charge in [0.05, 0.1) is 52.1 Å². The van der Waals surface area contributed by atoms with Crippen LogP contribution in [0.3, 0.4) is 0 Å². The largest absolute Gasteiger partial charge is 0.492 e. The molecule has 2 aromatic carbocycles. The molecule has 2 aromatic heterocycles. The molecule has 9 heteroatoms. The molecule has 35 heavy (non-hydrogen) atoms. The fourth-order valence-electron chi connectivity index (χ4n) is 3.90. The molecule has 0 aliphatic heterocycles. The van der Waals surface area contributed by atoms with E-state index in [1.54, 1.807) is 24.5 Å². The van der Waals surface area contributed by atoms with E-state index in [4.69, 9.17) is 21.3 Å². The lowest BCUT2D eigenvalue weighted by Gasteiger charge is -2.17. The Hall–Kier alpha value is -4.09. The second-order valence-electron chi connectivity index (χ2n) is 7.80. The van der Waals surface area contributed by atoms with Crippen LogP contribution in [-0.4, -0.2) is 32.9 Å². The Labute approximate surface area is 208 Å². The third kappa shape index (κ3) is 4.91. The van der Waals surface area contributed by atoms with Crippen molar-refractivity contribution in [2.75, 3.05) is 23.1 Å². The number of carbonyl (C=O) groups is 1. The number of aromatic nitrogens is 3. The van der Waals surface area contributed by atoms with Crippen LogP contribution in [0.4, 0.5) is 17.1 Å². The van der Waals surface area contributed by atoms with Crippen molar-refractivity contribution in [3.8, 4) is 11.8 Å². The molecule has 0 saturated heterocycles. The molecule has 0 bridgehead atoms. The molecule has 0 atom stereocenters. The lowest BCUT2D eigenvalue weighted by molar-refractivity contribution is -0.111.